The van der Waals surface area contributed by atoms with E-state index in [1.807, 2.05) is 6.07 Å². The van der Waals surface area contributed by atoms with Crippen LogP contribution in [0.15, 0.2) is 36.5 Å². The van der Waals surface area contributed by atoms with Crippen molar-refractivity contribution in [2.75, 3.05) is 5.32 Å². The topological polar surface area (TPSA) is 98.9 Å². The van der Waals surface area contributed by atoms with Gasteiger partial charge in [0.05, 0.1) is 18.1 Å². The van der Waals surface area contributed by atoms with Gasteiger partial charge in [-0.2, -0.15) is 5.26 Å². The third kappa shape index (κ3) is 3.78. The van der Waals surface area contributed by atoms with Gasteiger partial charge in [-0.05, 0) is 30.3 Å². The number of nitriles is 1. The number of aryl methyl sites for hydroxylation is 1. The van der Waals surface area contributed by atoms with Crippen LogP contribution in [0.3, 0.4) is 0 Å². The minimum absolute atomic E-state index is 0.000317. The largest absolute Gasteiger partial charge is 0.481 e. The van der Waals surface area contributed by atoms with Crippen LogP contribution >= 0.6 is 0 Å². The number of nitrogens with one attached hydrogen (secondary N) is 1. The summed E-state index contributed by atoms with van der Waals surface area (Å²) in [6.45, 7) is 0. The first-order chi connectivity index (χ1) is 9.67. The third-order valence-corrected chi connectivity index (χ3v) is 2.55. The standard InChI is InChI=1S/C14H12N4O2/c15-9-10-1-3-11(4-2-10)17-13-7-8-16-12(18-13)5-6-14(19)20/h1-4,7-8H,5-6H2,(H,19,20)(H,16,17,18). The van der Waals surface area contributed by atoms with Gasteiger partial charge < -0.3 is 10.4 Å². The number of benzene rings is 1. The maximum atomic E-state index is 10.5. The van der Waals surface area contributed by atoms with Gasteiger partial charge in [0.1, 0.15) is 11.6 Å². The van der Waals surface area contributed by atoms with Gasteiger partial charge in [-0.15, -0.1) is 0 Å². The van der Waals surface area contributed by atoms with Crippen LogP contribution < -0.4 is 5.32 Å². The molecule has 0 atom stereocenters. The lowest BCUT2D eigenvalue weighted by Gasteiger charge is -2.06. The number of aromatic nitrogens is 2. The number of nitrogens with zero attached hydrogens (tertiary/aromatic N) is 3. The first-order valence-corrected chi connectivity index (χ1v) is 5.98. The lowest BCUT2D eigenvalue weighted by Crippen LogP contribution is -2.03. The number of hydrogen-bond donors (Lipinski definition) is 2. The molecule has 1 heterocycles. The number of aliphatic carboxylic acids is 1. The highest BCUT2D eigenvalue weighted by Crippen LogP contribution is 2.15. The Kier molecular flexibility index (Phi) is 4.24. The van der Waals surface area contributed by atoms with Crippen molar-refractivity contribution in [3.8, 4) is 6.07 Å². The highest BCUT2D eigenvalue weighted by atomic mass is 16.4. The fraction of sp³-hybridized carbons (Fsp3) is 0.143. The first-order valence-electron chi connectivity index (χ1n) is 5.98. The molecular formula is C14H12N4O2. The summed E-state index contributed by atoms with van der Waals surface area (Å²) in [6, 6.07) is 10.7. The summed E-state index contributed by atoms with van der Waals surface area (Å²) >= 11 is 0. The molecule has 6 nitrogen and oxygen atoms in total. The summed E-state index contributed by atoms with van der Waals surface area (Å²) in [5.41, 5.74) is 1.38. The number of anilines is 2. The Balaban J connectivity index is 2.07. The predicted octanol–water partition coefficient (Wildman–Crippen LogP) is 2.11. The lowest BCUT2D eigenvalue weighted by atomic mass is 10.2. The number of carboxylic acids is 1. The molecule has 0 saturated carbocycles. The van der Waals surface area contributed by atoms with Gasteiger partial charge in [-0.1, -0.05) is 0 Å². The molecule has 0 fully saturated rings. The summed E-state index contributed by atoms with van der Waals surface area (Å²) in [4.78, 5) is 18.8. The van der Waals surface area contributed by atoms with Crippen LogP contribution in [-0.4, -0.2) is 21.0 Å². The molecule has 0 unspecified atom stereocenters. The van der Waals surface area contributed by atoms with E-state index in [2.05, 4.69) is 15.3 Å². The molecule has 2 N–H and O–H groups in total. The number of carboxylic acid groups (broad SMARTS) is 1. The molecule has 0 aliphatic heterocycles. The van der Waals surface area contributed by atoms with Crippen molar-refractivity contribution in [1.29, 1.82) is 5.26 Å². The van der Waals surface area contributed by atoms with Crippen molar-refractivity contribution < 1.29 is 9.90 Å². The number of rotatable bonds is 5. The van der Waals surface area contributed by atoms with Crippen molar-refractivity contribution in [1.82, 2.24) is 9.97 Å². The van der Waals surface area contributed by atoms with Crippen LogP contribution in [0.4, 0.5) is 11.5 Å². The van der Waals surface area contributed by atoms with Crippen LogP contribution in [0, 0.1) is 11.3 Å². The fourth-order valence-electron chi connectivity index (χ4n) is 1.58. The monoisotopic (exact) mass is 268 g/mol. The molecule has 2 rings (SSSR count). The second kappa shape index (κ2) is 6.29. The fourth-order valence-corrected chi connectivity index (χ4v) is 1.58. The molecule has 0 radical (unpaired) electrons. The molecule has 0 bridgehead atoms. The van der Waals surface area contributed by atoms with E-state index in [0.717, 1.165) is 5.69 Å². The van der Waals surface area contributed by atoms with Crippen molar-refractivity contribution in [3.05, 3.63) is 47.9 Å². The first kappa shape index (κ1) is 13.5. The summed E-state index contributed by atoms with van der Waals surface area (Å²) < 4.78 is 0. The van der Waals surface area contributed by atoms with Crippen LogP contribution in [0.2, 0.25) is 0 Å². The quantitative estimate of drug-likeness (QED) is 0.861. The Morgan fingerprint density at radius 2 is 2.05 bits per heavy atom. The molecule has 0 amide bonds. The SMILES string of the molecule is N#Cc1ccc(Nc2ccnc(CCC(=O)O)n2)cc1. The average Bonchev–Trinajstić information content (AvgIpc) is 2.46. The Bertz CT molecular complexity index is 647. The Morgan fingerprint density at radius 1 is 1.30 bits per heavy atom. The minimum Gasteiger partial charge on any atom is -0.481 e. The summed E-state index contributed by atoms with van der Waals surface area (Å²) in [7, 11) is 0. The molecule has 0 aliphatic carbocycles. The summed E-state index contributed by atoms with van der Waals surface area (Å²) in [5.74, 6) is 0.190. The molecule has 1 aromatic heterocycles. The second-order valence-corrected chi connectivity index (χ2v) is 4.07. The Morgan fingerprint density at radius 3 is 2.70 bits per heavy atom. The highest BCUT2D eigenvalue weighted by molar-refractivity contribution is 5.67. The van der Waals surface area contributed by atoms with Crippen LogP contribution in [-0.2, 0) is 11.2 Å². The Hall–Kier alpha value is -2.94. The van der Waals surface area contributed by atoms with Crippen molar-refractivity contribution in [2.24, 2.45) is 0 Å². The van der Waals surface area contributed by atoms with E-state index >= 15 is 0 Å². The second-order valence-electron chi connectivity index (χ2n) is 4.07. The summed E-state index contributed by atoms with van der Waals surface area (Å²) in [6.07, 6.45) is 1.87. The van der Waals surface area contributed by atoms with E-state index in [-0.39, 0.29) is 12.8 Å². The lowest BCUT2D eigenvalue weighted by molar-refractivity contribution is -0.137. The molecule has 20 heavy (non-hydrogen) atoms. The van der Waals surface area contributed by atoms with E-state index in [1.54, 1.807) is 36.5 Å². The van der Waals surface area contributed by atoms with Crippen molar-refractivity contribution in [2.45, 2.75) is 12.8 Å². The zero-order chi connectivity index (χ0) is 14.4. The molecule has 2 aromatic rings. The maximum Gasteiger partial charge on any atom is 0.303 e. The van der Waals surface area contributed by atoms with Crippen molar-refractivity contribution in [3.63, 3.8) is 0 Å². The molecule has 100 valence electrons. The Labute approximate surface area is 115 Å². The minimum atomic E-state index is -0.876. The molecule has 0 aliphatic rings. The van der Waals surface area contributed by atoms with E-state index in [0.29, 0.717) is 17.2 Å². The van der Waals surface area contributed by atoms with Crippen molar-refractivity contribution >= 4 is 17.5 Å². The average molecular weight is 268 g/mol. The van der Waals surface area contributed by atoms with Gasteiger partial charge in [0, 0.05) is 18.3 Å². The van der Waals surface area contributed by atoms with Crippen LogP contribution in [0.5, 0.6) is 0 Å². The molecular weight excluding hydrogens is 256 g/mol. The van der Waals surface area contributed by atoms with Gasteiger partial charge >= 0.3 is 5.97 Å². The van der Waals surface area contributed by atoms with E-state index in [1.165, 1.54) is 0 Å². The maximum absolute atomic E-state index is 10.5. The van der Waals surface area contributed by atoms with Crippen LogP contribution in [0.1, 0.15) is 17.8 Å². The smallest absolute Gasteiger partial charge is 0.303 e. The van der Waals surface area contributed by atoms with Crippen LogP contribution in [0.25, 0.3) is 0 Å². The number of hydrogen-bond acceptors (Lipinski definition) is 5. The number of carbonyl (C=O) groups is 1. The molecule has 1 aromatic carbocycles. The van der Waals surface area contributed by atoms with Gasteiger partial charge in [-0.25, -0.2) is 9.97 Å². The van der Waals surface area contributed by atoms with E-state index in [4.69, 9.17) is 10.4 Å². The predicted molar refractivity (Wildman–Crippen MR) is 72.4 cm³/mol. The normalized spacial score (nSPS) is 9.75. The van der Waals surface area contributed by atoms with Gasteiger partial charge in [0.2, 0.25) is 0 Å². The zero-order valence-electron chi connectivity index (χ0n) is 10.6. The van der Waals surface area contributed by atoms with Gasteiger partial charge in [0.25, 0.3) is 0 Å². The van der Waals surface area contributed by atoms with Gasteiger partial charge in [-0.3, -0.25) is 4.79 Å². The van der Waals surface area contributed by atoms with E-state index < -0.39 is 5.97 Å². The molecule has 6 heteroatoms. The summed E-state index contributed by atoms with van der Waals surface area (Å²) in [5, 5.41) is 20.4. The zero-order valence-corrected chi connectivity index (χ0v) is 10.6. The third-order valence-electron chi connectivity index (χ3n) is 2.55. The van der Waals surface area contributed by atoms with Gasteiger partial charge in [0.15, 0.2) is 0 Å². The molecule has 0 saturated heterocycles. The highest BCUT2D eigenvalue weighted by Gasteiger charge is 2.03. The molecule has 0 spiro atoms. The van der Waals surface area contributed by atoms with E-state index in [9.17, 15) is 4.79 Å².